The number of aryl methyl sites for hydroxylation is 3. The number of hydrogen-bond donors (Lipinski definition) is 1. The lowest BCUT2D eigenvalue weighted by Crippen LogP contribution is -2.10. The predicted octanol–water partition coefficient (Wildman–Crippen LogP) is 6.46. The van der Waals surface area contributed by atoms with Crippen molar-refractivity contribution < 1.29 is 32.3 Å². The molecule has 0 atom stereocenters. The van der Waals surface area contributed by atoms with Gasteiger partial charge >= 0.3 is 12.1 Å². The summed E-state index contributed by atoms with van der Waals surface area (Å²) < 4.78 is 49.0. The zero-order valence-corrected chi connectivity index (χ0v) is 18.4. The molecular formula is C26H22F3NO4. The van der Waals surface area contributed by atoms with Gasteiger partial charge in [0.2, 0.25) is 0 Å². The van der Waals surface area contributed by atoms with Crippen LogP contribution in [-0.2, 0) is 23.8 Å². The molecule has 0 bridgehead atoms. The number of hydrogen-bond acceptors (Lipinski definition) is 4. The fraction of sp³-hybridized carbons (Fsp3) is 0.231. The highest BCUT2D eigenvalue weighted by molar-refractivity contribution is 5.82. The second-order valence-electron chi connectivity index (χ2n) is 8.05. The van der Waals surface area contributed by atoms with Crippen molar-refractivity contribution in [1.82, 2.24) is 5.16 Å². The molecule has 5 nitrogen and oxygen atoms in total. The van der Waals surface area contributed by atoms with Crippen LogP contribution in [0.25, 0.3) is 22.1 Å². The summed E-state index contributed by atoms with van der Waals surface area (Å²) in [5.74, 6) is -0.562. The highest BCUT2D eigenvalue weighted by Crippen LogP contribution is 2.31. The largest absolute Gasteiger partial charge is 0.482 e. The molecular weight excluding hydrogens is 447 g/mol. The standard InChI is InChI=1S/C26H22F3NO4/c1-16-13-24-21(14-23(16)33-15-25(31)32)22(30-34-24)4-2-3-17-5-7-18(8-6-17)19-9-11-20(12-10-19)26(27,28)29/h5-14H,2-4,15H2,1H3,(H,31,32). The van der Waals surface area contributed by atoms with Crippen molar-refractivity contribution in [3.63, 3.8) is 0 Å². The number of benzene rings is 3. The second kappa shape index (κ2) is 9.59. The second-order valence-corrected chi connectivity index (χ2v) is 8.05. The average molecular weight is 469 g/mol. The van der Waals surface area contributed by atoms with E-state index in [9.17, 15) is 18.0 Å². The van der Waals surface area contributed by atoms with Crippen LogP contribution in [0.1, 0.15) is 28.8 Å². The average Bonchev–Trinajstić information content (AvgIpc) is 3.19. The van der Waals surface area contributed by atoms with E-state index in [1.54, 1.807) is 12.1 Å². The Morgan fingerprint density at radius 1 is 1.00 bits per heavy atom. The molecule has 1 N–H and O–H groups in total. The topological polar surface area (TPSA) is 72.6 Å². The first kappa shape index (κ1) is 23.4. The minimum atomic E-state index is -4.34. The summed E-state index contributed by atoms with van der Waals surface area (Å²) in [5, 5.41) is 13.8. The van der Waals surface area contributed by atoms with Gasteiger partial charge in [-0.15, -0.1) is 0 Å². The highest BCUT2D eigenvalue weighted by Gasteiger charge is 2.29. The van der Waals surface area contributed by atoms with Crippen molar-refractivity contribution in [2.24, 2.45) is 0 Å². The van der Waals surface area contributed by atoms with Gasteiger partial charge in [-0.1, -0.05) is 41.6 Å². The van der Waals surface area contributed by atoms with Gasteiger partial charge in [0.25, 0.3) is 0 Å². The molecule has 4 rings (SSSR count). The number of aromatic nitrogens is 1. The molecule has 0 aliphatic rings. The molecule has 1 aromatic heterocycles. The van der Waals surface area contributed by atoms with Crippen LogP contribution in [0.3, 0.4) is 0 Å². The van der Waals surface area contributed by atoms with E-state index in [-0.39, 0.29) is 0 Å². The number of ether oxygens (including phenoxy) is 1. The zero-order chi connectivity index (χ0) is 24.3. The smallest absolute Gasteiger partial charge is 0.416 e. The van der Waals surface area contributed by atoms with Crippen LogP contribution in [0.15, 0.2) is 65.2 Å². The van der Waals surface area contributed by atoms with E-state index < -0.39 is 24.3 Å². The lowest BCUT2D eigenvalue weighted by Gasteiger charge is -2.08. The van der Waals surface area contributed by atoms with E-state index in [1.165, 1.54) is 12.1 Å². The number of carboxylic acids is 1. The third kappa shape index (κ3) is 5.39. The van der Waals surface area contributed by atoms with Crippen LogP contribution in [0.2, 0.25) is 0 Å². The lowest BCUT2D eigenvalue weighted by molar-refractivity contribution is -0.139. The Labute approximate surface area is 193 Å². The van der Waals surface area contributed by atoms with E-state index in [2.05, 4.69) is 5.16 Å². The zero-order valence-electron chi connectivity index (χ0n) is 18.4. The van der Waals surface area contributed by atoms with Gasteiger partial charge in [0.05, 0.1) is 11.3 Å². The number of halogens is 3. The minimum Gasteiger partial charge on any atom is -0.482 e. The molecule has 3 aromatic carbocycles. The minimum absolute atomic E-state index is 0.421. The molecule has 4 aromatic rings. The van der Waals surface area contributed by atoms with Crippen molar-refractivity contribution in [1.29, 1.82) is 0 Å². The Balaban J connectivity index is 1.39. The molecule has 176 valence electrons. The summed E-state index contributed by atoms with van der Waals surface area (Å²) >= 11 is 0. The molecule has 0 amide bonds. The molecule has 0 spiro atoms. The third-order valence-corrected chi connectivity index (χ3v) is 5.57. The van der Waals surface area contributed by atoms with Crippen molar-refractivity contribution in [2.45, 2.75) is 32.4 Å². The summed E-state index contributed by atoms with van der Waals surface area (Å²) in [6, 6.07) is 16.4. The van der Waals surface area contributed by atoms with Gasteiger partial charge in [-0.3, -0.25) is 0 Å². The van der Waals surface area contributed by atoms with Gasteiger partial charge in [-0.25, -0.2) is 4.79 Å². The molecule has 34 heavy (non-hydrogen) atoms. The molecule has 0 fully saturated rings. The maximum Gasteiger partial charge on any atom is 0.416 e. The molecule has 0 unspecified atom stereocenters. The predicted molar refractivity (Wildman–Crippen MR) is 121 cm³/mol. The number of nitrogens with zero attached hydrogens (tertiary/aromatic N) is 1. The fourth-order valence-corrected chi connectivity index (χ4v) is 3.77. The van der Waals surface area contributed by atoms with Crippen molar-refractivity contribution in [3.05, 3.63) is 83.0 Å². The summed E-state index contributed by atoms with van der Waals surface area (Å²) in [6.07, 6.45) is -2.09. The van der Waals surface area contributed by atoms with Gasteiger partial charge in [0.1, 0.15) is 5.75 Å². The Kier molecular flexibility index (Phi) is 6.58. The highest BCUT2D eigenvalue weighted by atomic mass is 19.4. The maximum atomic E-state index is 12.7. The van der Waals surface area contributed by atoms with Gasteiger partial charge in [0.15, 0.2) is 12.2 Å². The number of fused-ring (bicyclic) bond motifs is 1. The quantitative estimate of drug-likeness (QED) is 0.321. The SMILES string of the molecule is Cc1cc2onc(CCCc3ccc(-c4ccc(C(F)(F)F)cc4)cc3)c2cc1OCC(=O)O. The summed E-state index contributed by atoms with van der Waals surface area (Å²) in [6.45, 7) is 1.39. The van der Waals surface area contributed by atoms with E-state index in [0.29, 0.717) is 17.8 Å². The molecule has 8 heteroatoms. The van der Waals surface area contributed by atoms with Gasteiger partial charge in [-0.2, -0.15) is 13.2 Å². The first-order chi connectivity index (χ1) is 16.2. The van der Waals surface area contributed by atoms with Crippen LogP contribution in [0.5, 0.6) is 5.75 Å². The first-order valence-corrected chi connectivity index (χ1v) is 10.7. The maximum absolute atomic E-state index is 12.7. The molecule has 0 aliphatic heterocycles. The van der Waals surface area contributed by atoms with E-state index in [1.807, 2.05) is 31.2 Å². The van der Waals surface area contributed by atoms with Gasteiger partial charge in [-0.05, 0) is 72.7 Å². The van der Waals surface area contributed by atoms with Crippen molar-refractivity contribution in [3.8, 4) is 16.9 Å². The molecule has 0 aliphatic carbocycles. The normalized spacial score (nSPS) is 11.6. The summed E-state index contributed by atoms with van der Waals surface area (Å²) in [4.78, 5) is 10.8. The Morgan fingerprint density at radius 3 is 2.26 bits per heavy atom. The van der Waals surface area contributed by atoms with E-state index >= 15 is 0 Å². The summed E-state index contributed by atoms with van der Waals surface area (Å²) in [7, 11) is 0. The van der Waals surface area contributed by atoms with Crippen LogP contribution < -0.4 is 4.74 Å². The Bertz CT molecular complexity index is 1290. The Morgan fingerprint density at radius 2 is 1.65 bits per heavy atom. The van der Waals surface area contributed by atoms with Gasteiger partial charge < -0.3 is 14.4 Å². The number of aliphatic carboxylic acids is 1. The van der Waals surface area contributed by atoms with Crippen molar-refractivity contribution in [2.75, 3.05) is 6.61 Å². The van der Waals surface area contributed by atoms with Crippen LogP contribution >= 0.6 is 0 Å². The first-order valence-electron chi connectivity index (χ1n) is 10.7. The molecule has 1 heterocycles. The van der Waals surface area contributed by atoms with Crippen LogP contribution in [0, 0.1) is 6.92 Å². The number of carbonyl (C=O) groups is 1. The number of alkyl halides is 3. The fourth-order valence-electron chi connectivity index (χ4n) is 3.77. The number of carboxylic acid groups (broad SMARTS) is 1. The van der Waals surface area contributed by atoms with E-state index in [4.69, 9.17) is 14.4 Å². The third-order valence-electron chi connectivity index (χ3n) is 5.57. The lowest BCUT2D eigenvalue weighted by atomic mass is 10.00. The van der Waals surface area contributed by atoms with Crippen LogP contribution in [-0.4, -0.2) is 22.8 Å². The van der Waals surface area contributed by atoms with Crippen LogP contribution in [0.4, 0.5) is 13.2 Å². The van der Waals surface area contributed by atoms with Gasteiger partial charge in [0, 0.05) is 5.39 Å². The molecule has 0 saturated heterocycles. The number of rotatable bonds is 8. The monoisotopic (exact) mass is 469 g/mol. The Hall–Kier alpha value is -3.81. The van der Waals surface area contributed by atoms with E-state index in [0.717, 1.165) is 58.3 Å². The van der Waals surface area contributed by atoms with Crippen molar-refractivity contribution >= 4 is 16.9 Å². The molecule has 0 saturated carbocycles. The molecule has 0 radical (unpaired) electrons. The summed E-state index contributed by atoms with van der Waals surface area (Å²) in [5.41, 5.74) is 4.18.